The maximum atomic E-state index is 13.2. The van der Waals surface area contributed by atoms with Crippen molar-refractivity contribution in [3.05, 3.63) is 72.1 Å². The van der Waals surface area contributed by atoms with Gasteiger partial charge in [0.1, 0.15) is 5.75 Å². The number of pyridine rings is 1. The molecule has 0 atom stereocenters. The average molecular weight is 386 g/mol. The molecular weight excluding hydrogens is 364 g/mol. The van der Waals surface area contributed by atoms with Gasteiger partial charge < -0.3 is 10.1 Å². The van der Waals surface area contributed by atoms with Gasteiger partial charge in [-0.3, -0.25) is 9.48 Å². The van der Waals surface area contributed by atoms with E-state index in [1.165, 1.54) is 0 Å². The first-order chi connectivity index (χ1) is 14.1. The van der Waals surface area contributed by atoms with Gasteiger partial charge >= 0.3 is 0 Å². The summed E-state index contributed by atoms with van der Waals surface area (Å²) in [5.41, 5.74) is 4.57. The van der Waals surface area contributed by atoms with E-state index in [4.69, 9.17) is 9.72 Å². The number of carbonyl (C=O) groups excluding carboxylic acids is 1. The zero-order valence-corrected chi connectivity index (χ0v) is 16.6. The fourth-order valence-corrected chi connectivity index (χ4v) is 3.29. The van der Waals surface area contributed by atoms with Crippen molar-refractivity contribution in [3.8, 4) is 17.0 Å². The van der Waals surface area contributed by atoms with E-state index < -0.39 is 0 Å². The van der Waals surface area contributed by atoms with Gasteiger partial charge in [-0.25, -0.2) is 4.98 Å². The molecule has 0 saturated carbocycles. The summed E-state index contributed by atoms with van der Waals surface area (Å²) in [6, 6.07) is 15.1. The first-order valence-corrected chi connectivity index (χ1v) is 9.47. The molecule has 1 N–H and O–H groups in total. The van der Waals surface area contributed by atoms with E-state index in [0.29, 0.717) is 22.7 Å². The lowest BCUT2D eigenvalue weighted by atomic mass is 10.0. The van der Waals surface area contributed by atoms with E-state index in [9.17, 15) is 4.79 Å². The fourth-order valence-electron chi connectivity index (χ4n) is 3.29. The van der Waals surface area contributed by atoms with Crippen LogP contribution in [-0.4, -0.2) is 27.8 Å². The molecule has 0 radical (unpaired) electrons. The molecule has 0 aliphatic carbocycles. The molecule has 6 heteroatoms. The van der Waals surface area contributed by atoms with Crippen LogP contribution in [0, 0.1) is 6.92 Å². The van der Waals surface area contributed by atoms with Gasteiger partial charge in [0.2, 0.25) is 0 Å². The van der Waals surface area contributed by atoms with E-state index in [-0.39, 0.29) is 5.91 Å². The van der Waals surface area contributed by atoms with Crippen LogP contribution in [0.15, 0.2) is 60.9 Å². The lowest BCUT2D eigenvalue weighted by Crippen LogP contribution is -2.14. The summed E-state index contributed by atoms with van der Waals surface area (Å²) < 4.78 is 7.23. The molecule has 4 aromatic rings. The Morgan fingerprint density at radius 2 is 2.00 bits per heavy atom. The van der Waals surface area contributed by atoms with E-state index in [1.54, 1.807) is 13.3 Å². The Morgan fingerprint density at radius 3 is 2.76 bits per heavy atom. The zero-order valence-electron chi connectivity index (χ0n) is 16.6. The predicted molar refractivity (Wildman–Crippen MR) is 114 cm³/mol. The third-order valence-corrected chi connectivity index (χ3v) is 4.82. The molecule has 2 aromatic carbocycles. The van der Waals surface area contributed by atoms with Crippen LogP contribution in [0.2, 0.25) is 0 Å². The Kier molecular flexibility index (Phi) is 4.99. The van der Waals surface area contributed by atoms with Crippen molar-refractivity contribution >= 4 is 22.5 Å². The van der Waals surface area contributed by atoms with Gasteiger partial charge in [-0.05, 0) is 43.7 Å². The molecule has 0 bridgehead atoms. The molecule has 146 valence electrons. The van der Waals surface area contributed by atoms with Gasteiger partial charge in [-0.1, -0.05) is 24.3 Å². The molecule has 0 spiro atoms. The molecular formula is C23H22N4O2. The highest BCUT2D eigenvalue weighted by Crippen LogP contribution is 2.28. The molecule has 0 unspecified atom stereocenters. The number of hydrogen-bond donors (Lipinski definition) is 1. The number of fused-ring (bicyclic) bond motifs is 1. The summed E-state index contributed by atoms with van der Waals surface area (Å²) in [6.45, 7) is 4.77. The minimum atomic E-state index is -0.211. The number of carbonyl (C=O) groups is 1. The molecule has 29 heavy (non-hydrogen) atoms. The summed E-state index contributed by atoms with van der Waals surface area (Å²) in [5.74, 6) is 0.406. The van der Waals surface area contributed by atoms with Crippen molar-refractivity contribution in [1.82, 2.24) is 14.8 Å². The van der Waals surface area contributed by atoms with Gasteiger partial charge in [-0.2, -0.15) is 5.10 Å². The summed E-state index contributed by atoms with van der Waals surface area (Å²) >= 11 is 0. The molecule has 4 rings (SSSR count). The smallest absolute Gasteiger partial charge is 0.256 e. The van der Waals surface area contributed by atoms with Crippen molar-refractivity contribution in [2.24, 2.45) is 0 Å². The topological polar surface area (TPSA) is 69.0 Å². The number of hydrogen-bond acceptors (Lipinski definition) is 4. The van der Waals surface area contributed by atoms with Crippen LogP contribution in [0.3, 0.4) is 0 Å². The normalized spacial score (nSPS) is 10.9. The molecule has 0 fully saturated rings. The molecule has 2 aromatic heterocycles. The Bertz CT molecular complexity index is 1200. The number of amides is 1. The number of aromatic nitrogens is 3. The summed E-state index contributed by atoms with van der Waals surface area (Å²) in [4.78, 5) is 18.0. The van der Waals surface area contributed by atoms with E-state index in [2.05, 4.69) is 10.4 Å². The van der Waals surface area contributed by atoms with Crippen molar-refractivity contribution in [3.63, 3.8) is 0 Å². The van der Waals surface area contributed by atoms with Gasteiger partial charge in [0, 0.05) is 23.7 Å². The average Bonchev–Trinajstić information content (AvgIpc) is 3.22. The van der Waals surface area contributed by atoms with Crippen LogP contribution in [0.25, 0.3) is 22.2 Å². The van der Waals surface area contributed by atoms with Gasteiger partial charge in [0.05, 0.1) is 35.8 Å². The Labute approximate surface area is 169 Å². The summed E-state index contributed by atoms with van der Waals surface area (Å²) in [6.07, 6.45) is 3.70. The molecule has 0 aliphatic heterocycles. The number of nitrogens with zero attached hydrogens (tertiary/aromatic N) is 3. The maximum absolute atomic E-state index is 13.2. The largest absolute Gasteiger partial charge is 0.495 e. The van der Waals surface area contributed by atoms with E-state index in [0.717, 1.165) is 28.6 Å². The van der Waals surface area contributed by atoms with Crippen LogP contribution in [-0.2, 0) is 6.54 Å². The van der Waals surface area contributed by atoms with Crippen molar-refractivity contribution < 1.29 is 9.53 Å². The van der Waals surface area contributed by atoms with Gasteiger partial charge in [0.25, 0.3) is 5.91 Å². The predicted octanol–water partition coefficient (Wildman–Crippen LogP) is 4.69. The quantitative estimate of drug-likeness (QED) is 0.540. The second-order valence-electron chi connectivity index (χ2n) is 6.81. The SMILES string of the molecule is CCn1cc(-c2cc(C(=O)Nc3cc(C)ccc3OC)c3ccccc3n2)cn1. The lowest BCUT2D eigenvalue weighted by Gasteiger charge is -2.13. The lowest BCUT2D eigenvalue weighted by molar-refractivity contribution is 0.102. The molecule has 6 nitrogen and oxygen atoms in total. The Morgan fingerprint density at radius 1 is 1.17 bits per heavy atom. The van der Waals surface area contributed by atoms with Crippen LogP contribution < -0.4 is 10.1 Å². The van der Waals surface area contributed by atoms with Crippen molar-refractivity contribution in [1.29, 1.82) is 0 Å². The third-order valence-electron chi connectivity index (χ3n) is 4.82. The van der Waals surface area contributed by atoms with Crippen molar-refractivity contribution in [2.75, 3.05) is 12.4 Å². The minimum absolute atomic E-state index is 0.211. The first-order valence-electron chi connectivity index (χ1n) is 9.47. The van der Waals surface area contributed by atoms with Crippen LogP contribution in [0.1, 0.15) is 22.8 Å². The molecule has 2 heterocycles. The molecule has 0 saturated heterocycles. The fraction of sp³-hybridized carbons (Fsp3) is 0.174. The third kappa shape index (κ3) is 3.69. The summed E-state index contributed by atoms with van der Waals surface area (Å²) in [7, 11) is 1.59. The van der Waals surface area contributed by atoms with Gasteiger partial charge in [-0.15, -0.1) is 0 Å². The van der Waals surface area contributed by atoms with Crippen LogP contribution >= 0.6 is 0 Å². The monoisotopic (exact) mass is 386 g/mol. The number of aryl methyl sites for hydroxylation is 2. The first kappa shape index (κ1) is 18.7. The number of anilines is 1. The van der Waals surface area contributed by atoms with Crippen LogP contribution in [0.5, 0.6) is 5.75 Å². The number of rotatable bonds is 5. The molecule has 1 amide bonds. The second kappa shape index (κ2) is 7.75. The van der Waals surface area contributed by atoms with E-state index >= 15 is 0 Å². The standard InChI is InChI=1S/C23H22N4O2/c1-4-27-14-16(13-24-27)20-12-18(17-7-5-6-8-19(17)25-20)23(28)26-21-11-15(2)9-10-22(21)29-3/h5-14H,4H2,1-3H3,(H,26,28). The second-order valence-corrected chi connectivity index (χ2v) is 6.81. The number of nitrogens with one attached hydrogen (secondary N) is 1. The van der Waals surface area contributed by atoms with Gasteiger partial charge in [0.15, 0.2) is 0 Å². The number of ether oxygens (including phenoxy) is 1. The van der Waals surface area contributed by atoms with Crippen LogP contribution in [0.4, 0.5) is 5.69 Å². The number of para-hydroxylation sites is 1. The number of benzene rings is 2. The molecule has 0 aliphatic rings. The maximum Gasteiger partial charge on any atom is 0.256 e. The summed E-state index contributed by atoms with van der Waals surface area (Å²) in [5, 5.41) is 8.11. The van der Waals surface area contributed by atoms with Crippen molar-refractivity contribution in [2.45, 2.75) is 20.4 Å². The highest BCUT2D eigenvalue weighted by atomic mass is 16.5. The highest BCUT2D eigenvalue weighted by molar-refractivity contribution is 6.13. The highest BCUT2D eigenvalue weighted by Gasteiger charge is 2.16. The van der Waals surface area contributed by atoms with E-state index in [1.807, 2.05) is 73.3 Å². The minimum Gasteiger partial charge on any atom is -0.495 e. The Balaban J connectivity index is 1.80. The Hall–Kier alpha value is -3.67. The zero-order chi connectivity index (χ0) is 20.4. The number of methoxy groups -OCH3 is 1.